The lowest BCUT2D eigenvalue weighted by Gasteiger charge is -2.52. The molecule has 1 aromatic rings. The Morgan fingerprint density at radius 2 is 1.88 bits per heavy atom. The van der Waals surface area contributed by atoms with Crippen LogP contribution in [0.4, 0.5) is 0 Å². The minimum absolute atomic E-state index is 0.301. The molecule has 0 unspecified atom stereocenters. The van der Waals surface area contributed by atoms with Gasteiger partial charge in [-0.1, -0.05) is 13.8 Å². The lowest BCUT2D eigenvalue weighted by atomic mass is 9.69. The highest BCUT2D eigenvalue weighted by Crippen LogP contribution is 2.39. The molecule has 3 heterocycles. The first kappa shape index (κ1) is 18.3. The van der Waals surface area contributed by atoms with Crippen LogP contribution in [0.25, 0.3) is 0 Å². The number of aromatic amines is 2. The molecule has 2 fully saturated rings. The predicted molar refractivity (Wildman–Crippen MR) is 93.6 cm³/mol. The molecule has 0 spiro atoms. The van der Waals surface area contributed by atoms with Gasteiger partial charge in [0.05, 0.1) is 18.8 Å². The molecule has 8 nitrogen and oxygen atoms in total. The topological polar surface area (TPSA) is 102 Å². The van der Waals surface area contributed by atoms with Gasteiger partial charge in [0, 0.05) is 56.4 Å². The van der Waals surface area contributed by atoms with Crippen molar-refractivity contribution in [3.05, 3.63) is 32.6 Å². The van der Waals surface area contributed by atoms with Crippen LogP contribution in [-0.4, -0.2) is 76.4 Å². The average Bonchev–Trinajstić information content (AvgIpc) is 2.51. The van der Waals surface area contributed by atoms with E-state index in [4.69, 9.17) is 4.74 Å². The Morgan fingerprint density at radius 1 is 1.16 bits per heavy atom. The van der Waals surface area contributed by atoms with Crippen molar-refractivity contribution in [3.63, 3.8) is 0 Å². The predicted octanol–water partition coefficient (Wildman–Crippen LogP) is -0.642. The second-order valence-corrected chi connectivity index (χ2v) is 7.88. The summed E-state index contributed by atoms with van der Waals surface area (Å²) < 4.78 is 5.39. The summed E-state index contributed by atoms with van der Waals surface area (Å²) in [5, 5.41) is 11.3. The molecule has 1 atom stereocenters. The largest absolute Gasteiger partial charge is 0.388 e. The third-order valence-electron chi connectivity index (χ3n) is 5.52. The highest BCUT2D eigenvalue weighted by Gasteiger charge is 2.48. The van der Waals surface area contributed by atoms with Crippen molar-refractivity contribution in [2.75, 3.05) is 45.9 Å². The summed E-state index contributed by atoms with van der Waals surface area (Å²) in [6, 6.07) is 1.42. The molecule has 3 rings (SSSR count). The molecule has 8 heteroatoms. The number of ether oxygens (including phenoxy) is 1. The van der Waals surface area contributed by atoms with Crippen molar-refractivity contribution in [2.24, 2.45) is 5.41 Å². The van der Waals surface area contributed by atoms with E-state index in [1.54, 1.807) is 0 Å². The maximum absolute atomic E-state index is 11.5. The molecule has 0 saturated carbocycles. The van der Waals surface area contributed by atoms with E-state index in [1.165, 1.54) is 6.07 Å². The smallest absolute Gasteiger partial charge is 0.325 e. The highest BCUT2D eigenvalue weighted by atomic mass is 16.5. The van der Waals surface area contributed by atoms with E-state index in [0.717, 1.165) is 32.8 Å². The normalized spacial score (nSPS) is 28.1. The van der Waals surface area contributed by atoms with Gasteiger partial charge in [0.2, 0.25) is 0 Å². The fraction of sp³-hybridized carbons (Fsp3) is 0.765. The summed E-state index contributed by atoms with van der Waals surface area (Å²) in [7, 11) is 0. The Hall–Kier alpha value is -1.48. The second-order valence-electron chi connectivity index (χ2n) is 7.88. The zero-order valence-corrected chi connectivity index (χ0v) is 15.0. The van der Waals surface area contributed by atoms with Crippen molar-refractivity contribution in [3.8, 4) is 0 Å². The average molecular weight is 352 g/mol. The maximum atomic E-state index is 11.5. The van der Waals surface area contributed by atoms with Gasteiger partial charge in [0.25, 0.3) is 5.56 Å². The molecule has 0 amide bonds. The molecule has 0 radical (unpaired) electrons. The Morgan fingerprint density at radius 3 is 2.52 bits per heavy atom. The number of morpholine rings is 1. The number of piperidine rings is 1. The number of aromatic nitrogens is 2. The van der Waals surface area contributed by atoms with Gasteiger partial charge in [0.1, 0.15) is 0 Å². The van der Waals surface area contributed by atoms with E-state index in [2.05, 4.69) is 33.6 Å². The lowest BCUT2D eigenvalue weighted by Crippen LogP contribution is -2.62. The Bertz CT molecular complexity index is 679. The fourth-order valence-corrected chi connectivity index (χ4v) is 3.87. The van der Waals surface area contributed by atoms with E-state index in [-0.39, 0.29) is 11.0 Å². The number of nitrogens with one attached hydrogen (secondary N) is 2. The molecule has 0 bridgehead atoms. The number of hydrogen-bond acceptors (Lipinski definition) is 6. The first-order chi connectivity index (χ1) is 11.8. The van der Waals surface area contributed by atoms with E-state index in [1.807, 2.05) is 0 Å². The van der Waals surface area contributed by atoms with E-state index < -0.39 is 11.3 Å². The van der Waals surface area contributed by atoms with Crippen LogP contribution in [0, 0.1) is 5.41 Å². The minimum Gasteiger partial charge on any atom is -0.388 e. The monoisotopic (exact) mass is 352 g/mol. The van der Waals surface area contributed by atoms with Gasteiger partial charge in [-0.05, 0) is 6.42 Å². The van der Waals surface area contributed by atoms with Crippen LogP contribution in [-0.2, 0) is 11.3 Å². The number of β-amino-alcohol motifs (C(OH)–C–C–N with tert-alkyl or cyclic N) is 1. The number of H-pyrrole nitrogens is 2. The third-order valence-corrected chi connectivity index (χ3v) is 5.52. The molecule has 3 N–H and O–H groups in total. The van der Waals surface area contributed by atoms with Crippen molar-refractivity contribution < 1.29 is 9.84 Å². The SMILES string of the molecule is CC1(C)CN(Cc2cc(=O)[nH]c(=O)[nH]2)CC[C@@]1(O)CN1CCOCC1. The second kappa shape index (κ2) is 7.03. The first-order valence-corrected chi connectivity index (χ1v) is 8.85. The Kier molecular flexibility index (Phi) is 5.15. The van der Waals surface area contributed by atoms with Gasteiger partial charge < -0.3 is 14.8 Å². The number of likely N-dealkylation sites (tertiary alicyclic amines) is 1. The van der Waals surface area contributed by atoms with Crippen molar-refractivity contribution in [1.82, 2.24) is 19.8 Å². The Balaban J connectivity index is 1.66. The van der Waals surface area contributed by atoms with Gasteiger partial charge >= 0.3 is 5.69 Å². The maximum Gasteiger partial charge on any atom is 0.325 e. The number of aliphatic hydroxyl groups is 1. The number of rotatable bonds is 4. The van der Waals surface area contributed by atoms with Crippen LogP contribution in [0.3, 0.4) is 0 Å². The molecule has 25 heavy (non-hydrogen) atoms. The van der Waals surface area contributed by atoms with Crippen LogP contribution in [0.15, 0.2) is 15.7 Å². The molecule has 0 aliphatic carbocycles. The highest BCUT2D eigenvalue weighted by molar-refractivity contribution is 5.04. The first-order valence-electron chi connectivity index (χ1n) is 8.85. The summed E-state index contributed by atoms with van der Waals surface area (Å²) >= 11 is 0. The third kappa shape index (κ3) is 4.20. The van der Waals surface area contributed by atoms with Crippen LogP contribution in [0.5, 0.6) is 0 Å². The van der Waals surface area contributed by atoms with Crippen molar-refractivity contribution in [2.45, 2.75) is 32.4 Å². The van der Waals surface area contributed by atoms with Gasteiger partial charge in [0.15, 0.2) is 0 Å². The van der Waals surface area contributed by atoms with Gasteiger partial charge in [-0.2, -0.15) is 0 Å². The zero-order chi connectivity index (χ0) is 18.1. The quantitative estimate of drug-likeness (QED) is 0.666. The van der Waals surface area contributed by atoms with Crippen LogP contribution in [0.1, 0.15) is 26.0 Å². The molecule has 2 aliphatic rings. The molecule has 1 aromatic heterocycles. The van der Waals surface area contributed by atoms with Gasteiger partial charge in [-0.3, -0.25) is 19.6 Å². The number of nitrogens with zero attached hydrogens (tertiary/aromatic N) is 2. The standard InChI is InChI=1S/C17H28N4O4/c1-16(2)11-21(10-13-9-14(22)19-15(23)18-13)4-3-17(16,24)12-20-5-7-25-8-6-20/h9,24H,3-8,10-12H2,1-2H3,(H2,18,19,22,23)/t17-/m1/s1. The summed E-state index contributed by atoms with van der Waals surface area (Å²) in [5.41, 5.74) is -1.34. The molecule has 2 saturated heterocycles. The summed E-state index contributed by atoms with van der Waals surface area (Å²) in [4.78, 5) is 32.2. The summed E-state index contributed by atoms with van der Waals surface area (Å²) in [6.45, 7) is 9.89. The summed E-state index contributed by atoms with van der Waals surface area (Å²) in [5.74, 6) is 0. The minimum atomic E-state index is -0.761. The van der Waals surface area contributed by atoms with Gasteiger partial charge in [-0.25, -0.2) is 4.79 Å². The van der Waals surface area contributed by atoms with Crippen LogP contribution >= 0.6 is 0 Å². The molecule has 140 valence electrons. The summed E-state index contributed by atoms with van der Waals surface area (Å²) in [6.07, 6.45) is 0.658. The Labute approximate surface area is 146 Å². The van der Waals surface area contributed by atoms with E-state index in [0.29, 0.717) is 31.7 Å². The molecule has 0 aromatic carbocycles. The van der Waals surface area contributed by atoms with Crippen LogP contribution < -0.4 is 11.2 Å². The van der Waals surface area contributed by atoms with Crippen molar-refractivity contribution >= 4 is 0 Å². The van der Waals surface area contributed by atoms with E-state index >= 15 is 0 Å². The molecule has 2 aliphatic heterocycles. The fourth-order valence-electron chi connectivity index (χ4n) is 3.87. The molecular weight excluding hydrogens is 324 g/mol. The van der Waals surface area contributed by atoms with Gasteiger partial charge in [-0.15, -0.1) is 0 Å². The van der Waals surface area contributed by atoms with Crippen LogP contribution in [0.2, 0.25) is 0 Å². The molecular formula is C17H28N4O4. The van der Waals surface area contributed by atoms with Crippen molar-refractivity contribution in [1.29, 1.82) is 0 Å². The van der Waals surface area contributed by atoms with E-state index in [9.17, 15) is 14.7 Å². The number of hydrogen-bond donors (Lipinski definition) is 3. The zero-order valence-electron chi connectivity index (χ0n) is 15.0. The lowest BCUT2D eigenvalue weighted by molar-refractivity contribution is -0.141.